The first-order valence-corrected chi connectivity index (χ1v) is 14.0. The minimum atomic E-state index is -1.60. The SMILES string of the molecule is [CH2]C(NC(=O)C(C(C)C)N(Cc1ccccc1)C(C)=O)C(NC(=O)C(C(C)C)N(Cc1ccccc1)C(C)=O)C(=O)O. The Kier molecular flexibility index (Phi) is 12.7. The molecule has 10 nitrogen and oxygen atoms in total. The van der Waals surface area contributed by atoms with Gasteiger partial charge in [-0.1, -0.05) is 88.4 Å². The molecule has 4 atom stereocenters. The summed E-state index contributed by atoms with van der Waals surface area (Å²) in [5.41, 5.74) is 1.65. The molecule has 2 rings (SSSR count). The second-order valence-corrected chi connectivity index (χ2v) is 11.1. The van der Waals surface area contributed by atoms with Crippen LogP contribution in [0.1, 0.15) is 52.7 Å². The van der Waals surface area contributed by atoms with E-state index in [1.807, 2.05) is 60.7 Å². The molecule has 10 heteroatoms. The Morgan fingerprint density at radius 2 is 1.05 bits per heavy atom. The van der Waals surface area contributed by atoms with Crippen LogP contribution in [0.4, 0.5) is 0 Å². The van der Waals surface area contributed by atoms with Gasteiger partial charge in [-0.3, -0.25) is 19.2 Å². The van der Waals surface area contributed by atoms with Gasteiger partial charge in [0, 0.05) is 26.9 Å². The van der Waals surface area contributed by atoms with E-state index in [1.54, 1.807) is 27.7 Å². The molecule has 227 valence electrons. The summed E-state index contributed by atoms with van der Waals surface area (Å²) in [4.78, 5) is 67.3. The molecule has 0 aromatic heterocycles. The molecule has 4 unspecified atom stereocenters. The summed E-state index contributed by atoms with van der Waals surface area (Å²) < 4.78 is 0. The highest BCUT2D eigenvalue weighted by Crippen LogP contribution is 2.18. The maximum Gasteiger partial charge on any atom is 0.328 e. The average molecular weight is 580 g/mol. The number of nitrogens with zero attached hydrogens (tertiary/aromatic N) is 2. The second-order valence-electron chi connectivity index (χ2n) is 11.1. The van der Waals surface area contributed by atoms with Crippen molar-refractivity contribution >= 4 is 29.6 Å². The Balaban J connectivity index is 2.26. The van der Waals surface area contributed by atoms with Crippen molar-refractivity contribution in [3.63, 3.8) is 0 Å². The van der Waals surface area contributed by atoms with E-state index < -0.39 is 42.0 Å². The molecule has 0 aliphatic rings. The van der Waals surface area contributed by atoms with Crippen molar-refractivity contribution in [1.29, 1.82) is 0 Å². The summed E-state index contributed by atoms with van der Waals surface area (Å²) in [6, 6.07) is 13.6. The van der Waals surface area contributed by atoms with Gasteiger partial charge in [0.15, 0.2) is 0 Å². The smallest absolute Gasteiger partial charge is 0.328 e. The van der Waals surface area contributed by atoms with Crippen molar-refractivity contribution in [3.05, 3.63) is 78.7 Å². The number of carbonyl (C=O) groups is 5. The maximum absolute atomic E-state index is 13.5. The number of aliphatic carboxylic acids is 1. The number of rotatable bonds is 14. The van der Waals surface area contributed by atoms with Crippen LogP contribution in [0.5, 0.6) is 0 Å². The Morgan fingerprint density at radius 3 is 1.36 bits per heavy atom. The number of carboxylic acids is 1. The van der Waals surface area contributed by atoms with E-state index in [0.717, 1.165) is 11.1 Å². The zero-order chi connectivity index (χ0) is 31.6. The lowest BCUT2D eigenvalue weighted by Gasteiger charge is -2.36. The zero-order valence-corrected chi connectivity index (χ0v) is 25.2. The van der Waals surface area contributed by atoms with Crippen LogP contribution in [-0.2, 0) is 37.1 Å². The summed E-state index contributed by atoms with van der Waals surface area (Å²) in [6.45, 7) is 14.0. The zero-order valence-electron chi connectivity index (χ0n) is 25.2. The van der Waals surface area contributed by atoms with E-state index in [2.05, 4.69) is 17.6 Å². The van der Waals surface area contributed by atoms with Crippen molar-refractivity contribution in [2.75, 3.05) is 0 Å². The molecule has 1 radical (unpaired) electrons. The lowest BCUT2D eigenvalue weighted by Crippen LogP contribution is -2.61. The van der Waals surface area contributed by atoms with Crippen LogP contribution in [-0.4, -0.2) is 68.7 Å². The van der Waals surface area contributed by atoms with Crippen molar-refractivity contribution < 1.29 is 29.1 Å². The minimum absolute atomic E-state index is 0.160. The average Bonchev–Trinajstić information content (AvgIpc) is 2.91. The third kappa shape index (κ3) is 9.43. The molecule has 0 saturated heterocycles. The van der Waals surface area contributed by atoms with Crippen LogP contribution >= 0.6 is 0 Å². The summed E-state index contributed by atoms with van der Waals surface area (Å²) in [5.74, 6) is -4.00. The third-order valence-electron chi connectivity index (χ3n) is 6.97. The molecule has 0 saturated carbocycles. The Bertz CT molecular complexity index is 1220. The molecule has 0 fully saturated rings. The van der Waals surface area contributed by atoms with Gasteiger partial charge in [0.05, 0.1) is 6.04 Å². The fraction of sp³-hybridized carbons (Fsp3) is 0.438. The first-order valence-electron chi connectivity index (χ1n) is 14.0. The quantitative estimate of drug-likeness (QED) is 0.315. The Labute approximate surface area is 248 Å². The van der Waals surface area contributed by atoms with Gasteiger partial charge in [-0.2, -0.15) is 0 Å². The van der Waals surface area contributed by atoms with Gasteiger partial charge < -0.3 is 25.5 Å². The first-order chi connectivity index (χ1) is 19.7. The standard InChI is InChI=1S/C32H43N4O6/c1-20(2)28(35(23(6)37)18-25-14-10-8-11-15-25)30(39)33-22(5)27(32(41)42)34-31(40)29(21(3)4)36(24(7)38)19-26-16-12-9-13-17-26/h8-17,20-22,27-29H,5,18-19H2,1-4,6-7H3,(H,33,39)(H,34,40)(H,41,42). The molecule has 3 N–H and O–H groups in total. The van der Waals surface area contributed by atoms with Crippen LogP contribution in [0.25, 0.3) is 0 Å². The highest BCUT2D eigenvalue weighted by atomic mass is 16.4. The highest BCUT2D eigenvalue weighted by Gasteiger charge is 2.38. The van der Waals surface area contributed by atoms with Crippen molar-refractivity contribution in [1.82, 2.24) is 20.4 Å². The molecule has 2 aromatic rings. The first kappa shape index (κ1) is 34.0. The number of benzene rings is 2. The van der Waals surface area contributed by atoms with Crippen molar-refractivity contribution in [3.8, 4) is 0 Å². The topological polar surface area (TPSA) is 136 Å². The van der Waals surface area contributed by atoms with Gasteiger partial charge >= 0.3 is 5.97 Å². The molecule has 0 heterocycles. The number of hydrogen-bond donors (Lipinski definition) is 3. The van der Waals surface area contributed by atoms with E-state index in [9.17, 15) is 29.1 Å². The Morgan fingerprint density at radius 1 is 0.690 bits per heavy atom. The van der Waals surface area contributed by atoms with Gasteiger partial charge in [-0.15, -0.1) is 0 Å². The van der Waals surface area contributed by atoms with Gasteiger partial charge in [-0.05, 0) is 29.9 Å². The maximum atomic E-state index is 13.5. The monoisotopic (exact) mass is 579 g/mol. The molecule has 4 amide bonds. The number of hydrogen-bond acceptors (Lipinski definition) is 5. The van der Waals surface area contributed by atoms with Crippen LogP contribution in [0, 0.1) is 18.8 Å². The van der Waals surface area contributed by atoms with Gasteiger partial charge in [0.1, 0.15) is 18.1 Å². The van der Waals surface area contributed by atoms with Crippen LogP contribution in [0.3, 0.4) is 0 Å². The number of nitrogens with one attached hydrogen (secondary N) is 2. The van der Waals surface area contributed by atoms with E-state index in [-0.39, 0.29) is 36.7 Å². The lowest BCUT2D eigenvalue weighted by molar-refractivity contribution is -0.147. The predicted molar refractivity (Wildman–Crippen MR) is 159 cm³/mol. The minimum Gasteiger partial charge on any atom is -0.480 e. The van der Waals surface area contributed by atoms with Crippen molar-refractivity contribution in [2.45, 2.75) is 78.8 Å². The number of carbonyl (C=O) groups excluding carboxylic acids is 4. The largest absolute Gasteiger partial charge is 0.480 e. The summed E-state index contributed by atoms with van der Waals surface area (Å²) >= 11 is 0. The molecule has 0 spiro atoms. The van der Waals surface area contributed by atoms with Gasteiger partial charge in [0.2, 0.25) is 23.6 Å². The Hall–Kier alpha value is -4.21. The fourth-order valence-corrected chi connectivity index (χ4v) is 4.90. The van der Waals surface area contributed by atoms with E-state index in [4.69, 9.17) is 0 Å². The summed E-state index contributed by atoms with van der Waals surface area (Å²) in [6.07, 6.45) is 0. The summed E-state index contributed by atoms with van der Waals surface area (Å²) in [5, 5.41) is 15.1. The van der Waals surface area contributed by atoms with Crippen molar-refractivity contribution in [2.24, 2.45) is 11.8 Å². The highest BCUT2D eigenvalue weighted by molar-refractivity contribution is 5.92. The fourth-order valence-electron chi connectivity index (χ4n) is 4.90. The molecular weight excluding hydrogens is 536 g/mol. The third-order valence-corrected chi connectivity index (χ3v) is 6.97. The van der Waals surface area contributed by atoms with Gasteiger partial charge in [0.25, 0.3) is 0 Å². The molecular formula is C32H43N4O6. The number of carboxylic acid groups (broad SMARTS) is 1. The van der Waals surface area contributed by atoms with E-state index in [1.165, 1.54) is 23.6 Å². The lowest BCUT2D eigenvalue weighted by atomic mass is 9.98. The molecule has 2 aromatic carbocycles. The van der Waals surface area contributed by atoms with Crippen LogP contribution in [0.2, 0.25) is 0 Å². The molecule has 0 aliphatic carbocycles. The van der Waals surface area contributed by atoms with E-state index in [0.29, 0.717) is 0 Å². The molecule has 0 bridgehead atoms. The number of amides is 4. The normalized spacial score (nSPS) is 13.9. The predicted octanol–water partition coefficient (Wildman–Crippen LogP) is 3.02. The van der Waals surface area contributed by atoms with Crippen LogP contribution < -0.4 is 10.6 Å². The van der Waals surface area contributed by atoms with E-state index >= 15 is 0 Å². The molecule has 0 aliphatic heterocycles. The molecule has 42 heavy (non-hydrogen) atoms. The van der Waals surface area contributed by atoms with Crippen LogP contribution in [0.15, 0.2) is 60.7 Å². The second kappa shape index (κ2) is 15.7. The summed E-state index contributed by atoms with van der Waals surface area (Å²) in [7, 11) is 0. The van der Waals surface area contributed by atoms with Gasteiger partial charge in [-0.25, -0.2) is 4.79 Å².